The highest BCUT2D eigenvalue weighted by Crippen LogP contribution is 2.33. The van der Waals surface area contributed by atoms with Crippen molar-refractivity contribution in [1.82, 2.24) is 26.2 Å². The molecule has 0 aliphatic carbocycles. The number of thioether (sulfide) groups is 1. The van der Waals surface area contributed by atoms with Crippen LogP contribution in [0.2, 0.25) is 0 Å². The third-order valence-electron chi connectivity index (χ3n) is 5.69. The van der Waals surface area contributed by atoms with Crippen molar-refractivity contribution in [2.45, 2.75) is 55.8 Å². The van der Waals surface area contributed by atoms with Crippen molar-refractivity contribution in [3.8, 4) is 0 Å². The summed E-state index contributed by atoms with van der Waals surface area (Å²) in [5, 5.41) is 10.7. The fourth-order valence-electron chi connectivity index (χ4n) is 3.73. The number of hydrogen-bond donors (Lipinski definition) is 4. The minimum atomic E-state index is -2.83. The largest absolute Gasteiger partial charge is 0.379 e. The smallest absolute Gasteiger partial charge is 0.315 e. The number of carbonyl (C=O) groups excluding carboxylic acids is 4. The molecule has 224 valence electrons. The summed E-state index contributed by atoms with van der Waals surface area (Å²) >= 11 is 3.59. The van der Waals surface area contributed by atoms with Crippen molar-refractivity contribution in [3.63, 3.8) is 0 Å². The first kappa shape index (κ1) is 23.2. The predicted octanol–water partition coefficient (Wildman–Crippen LogP) is 0.668. The van der Waals surface area contributed by atoms with Crippen molar-refractivity contribution >= 4 is 58.1 Å². The van der Waals surface area contributed by atoms with E-state index in [0.29, 0.717) is 6.42 Å². The Labute approximate surface area is 260 Å². The lowest BCUT2D eigenvalue weighted by Crippen LogP contribution is -2.38. The zero-order valence-corrected chi connectivity index (χ0v) is 25.0. The predicted molar refractivity (Wildman–Crippen MR) is 158 cm³/mol. The summed E-state index contributed by atoms with van der Waals surface area (Å²) < 4.78 is 78.5. The van der Waals surface area contributed by atoms with Gasteiger partial charge in [0.05, 0.1) is 55.0 Å². The van der Waals surface area contributed by atoms with Gasteiger partial charge in [0.2, 0.25) is 17.7 Å². The number of ether oxygens (including phenoxy) is 3. The zero-order valence-electron chi connectivity index (χ0n) is 30.0. The summed E-state index contributed by atoms with van der Waals surface area (Å²) in [4.78, 5) is 48.9. The monoisotopic (exact) mass is 693 g/mol. The molecule has 2 aliphatic heterocycles. The number of hydrogen-bond acceptors (Lipinski definition) is 8. The average Bonchev–Trinajstić information content (AvgIpc) is 3.55. The van der Waals surface area contributed by atoms with Gasteiger partial charge in [0, 0.05) is 56.2 Å². The number of carbonyl (C=O) groups is 4. The van der Waals surface area contributed by atoms with E-state index in [4.69, 9.17) is 25.2 Å². The standard InChI is InChI=1S/C25H44IN5O7S/c1-31(23(34)7-3-2-6-20-24-19(18-39-20)29-25(35)30-24)17-22(33)28-9-5-11-37-13-15-38-14-12-36-10-4-8-27-21(32)16-26/h19-20,24H,2-18H2,1H3,(H,27,32)(H,28,33)(H2,29,30,35)/t19-,20-,24-/m0/s1/i4D2,5D2,10D2,11D2. The fourth-order valence-corrected chi connectivity index (χ4v) is 5.54. The van der Waals surface area contributed by atoms with Crippen molar-refractivity contribution in [3.05, 3.63) is 0 Å². The number of alkyl halides is 1. The first-order valence-corrected chi connectivity index (χ1v) is 15.3. The summed E-state index contributed by atoms with van der Waals surface area (Å²) in [6.07, 6.45) is -2.68. The quantitative estimate of drug-likeness (QED) is 0.0561. The van der Waals surface area contributed by atoms with Gasteiger partial charge < -0.3 is 40.4 Å². The second-order valence-electron chi connectivity index (χ2n) is 8.67. The summed E-state index contributed by atoms with van der Waals surface area (Å²) in [6.45, 7) is -8.37. The molecule has 0 unspecified atom stereocenters. The van der Waals surface area contributed by atoms with Gasteiger partial charge in [0.1, 0.15) is 0 Å². The first-order valence-electron chi connectivity index (χ1n) is 16.7. The van der Waals surface area contributed by atoms with Gasteiger partial charge in [-0.2, -0.15) is 11.8 Å². The molecule has 0 aromatic rings. The molecule has 0 saturated carbocycles. The molecular weight excluding hydrogens is 641 g/mol. The number of nitrogens with one attached hydrogen (secondary N) is 4. The van der Waals surface area contributed by atoms with Crippen LogP contribution in [-0.4, -0.2) is 122 Å². The molecule has 2 fully saturated rings. The van der Waals surface area contributed by atoms with Crippen LogP contribution in [0.1, 0.15) is 49.4 Å². The molecule has 2 aliphatic rings. The van der Waals surface area contributed by atoms with Crippen LogP contribution < -0.4 is 21.3 Å². The Hall–Kier alpha value is -1.36. The Kier molecular flexibility index (Phi) is 12.2. The molecule has 12 nitrogen and oxygen atoms in total. The summed E-state index contributed by atoms with van der Waals surface area (Å²) in [7, 11) is 1.46. The number of halogens is 1. The third kappa shape index (κ3) is 14.7. The summed E-state index contributed by atoms with van der Waals surface area (Å²) in [5.74, 6) is -0.514. The second-order valence-corrected chi connectivity index (χ2v) is 10.7. The van der Waals surface area contributed by atoms with E-state index in [9.17, 15) is 19.2 Å². The van der Waals surface area contributed by atoms with Crippen LogP contribution in [0.25, 0.3) is 0 Å². The molecule has 14 heteroatoms. The Morgan fingerprint density at radius 2 is 1.67 bits per heavy atom. The minimum Gasteiger partial charge on any atom is -0.379 e. The fraction of sp³-hybridized carbons (Fsp3) is 0.840. The van der Waals surface area contributed by atoms with Crippen molar-refractivity contribution in [1.29, 1.82) is 0 Å². The van der Waals surface area contributed by atoms with Crippen LogP contribution in [0.3, 0.4) is 0 Å². The molecule has 5 amide bonds. The molecule has 3 atom stereocenters. The number of fused-ring (bicyclic) bond motifs is 1. The highest BCUT2D eigenvalue weighted by atomic mass is 127. The van der Waals surface area contributed by atoms with Gasteiger partial charge in [-0.25, -0.2) is 4.79 Å². The van der Waals surface area contributed by atoms with E-state index in [1.807, 2.05) is 0 Å². The minimum absolute atomic E-state index is 0.0902. The average molecular weight is 694 g/mol. The topological polar surface area (TPSA) is 147 Å². The normalized spacial score (nSPS) is 24.3. The molecule has 2 rings (SSSR count). The van der Waals surface area contributed by atoms with Crippen LogP contribution >= 0.6 is 34.4 Å². The Bertz CT molecular complexity index is 1080. The lowest BCUT2D eigenvalue weighted by Gasteiger charge is -2.18. The van der Waals surface area contributed by atoms with Crippen LogP contribution in [0.5, 0.6) is 0 Å². The van der Waals surface area contributed by atoms with E-state index < -0.39 is 50.8 Å². The number of urea groups is 1. The second kappa shape index (κ2) is 20.5. The molecule has 0 bridgehead atoms. The van der Waals surface area contributed by atoms with Gasteiger partial charge in [0.15, 0.2) is 0 Å². The molecule has 0 radical (unpaired) electrons. The zero-order chi connectivity index (χ0) is 35.5. The van der Waals surface area contributed by atoms with Gasteiger partial charge in [-0.3, -0.25) is 14.4 Å². The maximum absolute atomic E-state index is 12.5. The molecule has 2 saturated heterocycles. The number of unbranched alkanes of at least 4 members (excludes halogenated alkanes) is 1. The lowest BCUT2D eigenvalue weighted by molar-refractivity contribution is -0.134. The molecule has 0 spiro atoms. The summed E-state index contributed by atoms with van der Waals surface area (Å²) in [5.41, 5.74) is 0. The number of nitrogens with zero attached hydrogens (tertiary/aromatic N) is 1. The van der Waals surface area contributed by atoms with E-state index >= 15 is 0 Å². The van der Waals surface area contributed by atoms with Crippen molar-refractivity contribution < 1.29 is 44.4 Å². The SMILES string of the molecule is [2H]C([2H])(CNC(=O)CI)C([2H])([2H])OCCOCCOC([2H])([2H])C([2H])([2H])CNC(=O)CN(C)C(=O)CCCC[C@@H]1SC[C@@H]2NC(=O)N[C@@H]21. The number of amides is 5. The van der Waals surface area contributed by atoms with Gasteiger partial charge >= 0.3 is 6.03 Å². The number of rotatable bonds is 22. The van der Waals surface area contributed by atoms with E-state index in [-0.39, 0.29) is 73.1 Å². The third-order valence-corrected chi connectivity index (χ3v) is 7.89. The van der Waals surface area contributed by atoms with Crippen molar-refractivity contribution in [2.75, 3.05) is 76.4 Å². The van der Waals surface area contributed by atoms with Crippen LogP contribution in [0.4, 0.5) is 4.79 Å². The van der Waals surface area contributed by atoms with Gasteiger partial charge in [-0.05, 0) is 25.6 Å². The molecule has 39 heavy (non-hydrogen) atoms. The maximum Gasteiger partial charge on any atom is 0.315 e. The van der Waals surface area contributed by atoms with Crippen molar-refractivity contribution in [2.24, 2.45) is 0 Å². The highest BCUT2D eigenvalue weighted by molar-refractivity contribution is 14.1. The molecular formula is C25H44IN5O7S. The maximum atomic E-state index is 12.5. The first-order chi connectivity index (χ1) is 21.8. The van der Waals surface area contributed by atoms with Crippen LogP contribution in [0.15, 0.2) is 0 Å². The van der Waals surface area contributed by atoms with Gasteiger partial charge in [0.25, 0.3) is 0 Å². The Morgan fingerprint density at radius 3 is 2.33 bits per heavy atom. The lowest BCUT2D eigenvalue weighted by atomic mass is 10.0. The Balaban J connectivity index is 1.60. The van der Waals surface area contributed by atoms with E-state index in [2.05, 4.69) is 21.3 Å². The van der Waals surface area contributed by atoms with E-state index in [0.717, 1.165) is 18.6 Å². The molecule has 2 heterocycles. The Morgan fingerprint density at radius 1 is 1.03 bits per heavy atom. The van der Waals surface area contributed by atoms with E-state index in [1.54, 1.807) is 34.4 Å². The van der Waals surface area contributed by atoms with Gasteiger partial charge in [-0.1, -0.05) is 29.0 Å². The van der Waals surface area contributed by atoms with Crippen LogP contribution in [-0.2, 0) is 28.6 Å². The van der Waals surface area contributed by atoms with Crippen LogP contribution in [0, 0.1) is 0 Å². The number of likely N-dealkylation sites (N-methyl/N-ethyl adjacent to an activating group) is 1. The van der Waals surface area contributed by atoms with Gasteiger partial charge in [-0.15, -0.1) is 0 Å². The molecule has 4 N–H and O–H groups in total. The highest BCUT2D eigenvalue weighted by Gasteiger charge is 2.42. The summed E-state index contributed by atoms with van der Waals surface area (Å²) in [6, 6.07) is 0.0924. The van der Waals surface area contributed by atoms with E-state index in [1.165, 1.54) is 11.9 Å². The molecule has 0 aromatic carbocycles. The molecule has 0 aromatic heterocycles.